The molecule has 0 aliphatic rings. The first-order valence-corrected chi connectivity index (χ1v) is 14.7. The molecule has 6 aromatic carbocycles. The molecule has 44 heavy (non-hydrogen) atoms. The van der Waals surface area contributed by atoms with Gasteiger partial charge in [-0.2, -0.15) is 0 Å². The summed E-state index contributed by atoms with van der Waals surface area (Å²) in [6, 6.07) is 49.9. The van der Waals surface area contributed by atoms with Crippen molar-refractivity contribution in [1.29, 1.82) is 0 Å². The summed E-state index contributed by atoms with van der Waals surface area (Å²) in [7, 11) is 0. The van der Waals surface area contributed by atoms with Gasteiger partial charge in [-0.1, -0.05) is 109 Å². The molecule has 3 aromatic heterocycles. The van der Waals surface area contributed by atoms with E-state index in [9.17, 15) is 0 Å². The summed E-state index contributed by atoms with van der Waals surface area (Å²) >= 11 is 0. The van der Waals surface area contributed by atoms with Gasteiger partial charge in [-0.25, -0.2) is 9.97 Å². The highest BCUT2D eigenvalue weighted by Crippen LogP contribution is 2.37. The Bertz CT molecular complexity index is 2490. The van der Waals surface area contributed by atoms with E-state index in [2.05, 4.69) is 97.1 Å². The Balaban J connectivity index is 1.11. The zero-order valence-electron chi connectivity index (χ0n) is 23.6. The van der Waals surface area contributed by atoms with Gasteiger partial charge in [0.05, 0.1) is 0 Å². The van der Waals surface area contributed by atoms with Crippen molar-refractivity contribution in [2.24, 2.45) is 0 Å². The summed E-state index contributed by atoms with van der Waals surface area (Å²) in [5, 5.41) is 3.25. The fourth-order valence-corrected chi connectivity index (χ4v) is 6.11. The third-order valence-corrected chi connectivity index (χ3v) is 8.32. The van der Waals surface area contributed by atoms with Gasteiger partial charge in [0.25, 0.3) is 0 Å². The normalized spacial score (nSPS) is 11.6. The van der Waals surface area contributed by atoms with E-state index < -0.39 is 0 Å². The van der Waals surface area contributed by atoms with Crippen molar-refractivity contribution < 1.29 is 8.83 Å². The molecular weight excluding hydrogens is 540 g/mol. The van der Waals surface area contributed by atoms with E-state index in [1.165, 1.54) is 0 Å². The van der Waals surface area contributed by atoms with Crippen LogP contribution in [0.1, 0.15) is 0 Å². The van der Waals surface area contributed by atoms with Crippen molar-refractivity contribution >= 4 is 44.0 Å². The van der Waals surface area contributed by atoms with Gasteiger partial charge in [-0.3, -0.25) is 0 Å². The molecule has 0 saturated heterocycles. The van der Waals surface area contributed by atoms with Crippen LogP contribution >= 0.6 is 0 Å². The number of para-hydroxylation sites is 2. The second kappa shape index (κ2) is 9.79. The fraction of sp³-hybridized carbons (Fsp3) is 0. The smallest absolute Gasteiger partial charge is 0.180 e. The SMILES string of the molecule is c1ccc(-c2nc(-c3ccc(-c4cccc(-c5ccc6oc7ccccc7c6c5)c4)cc3)nc3c2oc2ccccc23)cc1. The Kier molecular flexibility index (Phi) is 5.47. The molecule has 0 fully saturated rings. The summed E-state index contributed by atoms with van der Waals surface area (Å²) in [5.74, 6) is 0.670. The molecule has 4 nitrogen and oxygen atoms in total. The summed E-state index contributed by atoms with van der Waals surface area (Å²) < 4.78 is 12.3. The maximum Gasteiger partial charge on any atom is 0.180 e. The van der Waals surface area contributed by atoms with Crippen LogP contribution in [0.15, 0.2) is 154 Å². The fourth-order valence-electron chi connectivity index (χ4n) is 6.11. The molecule has 0 saturated carbocycles. The van der Waals surface area contributed by atoms with Crippen molar-refractivity contribution in [1.82, 2.24) is 9.97 Å². The Morgan fingerprint density at radius 1 is 0.364 bits per heavy atom. The van der Waals surface area contributed by atoms with Crippen molar-refractivity contribution in [3.05, 3.63) is 146 Å². The number of aromatic nitrogens is 2. The monoisotopic (exact) mass is 564 g/mol. The lowest BCUT2D eigenvalue weighted by molar-refractivity contribution is 0.667. The van der Waals surface area contributed by atoms with Crippen LogP contribution in [0, 0.1) is 0 Å². The lowest BCUT2D eigenvalue weighted by atomic mass is 9.97. The third-order valence-electron chi connectivity index (χ3n) is 8.32. The molecule has 0 aliphatic heterocycles. The minimum Gasteiger partial charge on any atom is -0.456 e. The molecule has 0 atom stereocenters. The first-order valence-electron chi connectivity index (χ1n) is 14.7. The first-order chi connectivity index (χ1) is 21.8. The average molecular weight is 565 g/mol. The predicted molar refractivity (Wildman–Crippen MR) is 178 cm³/mol. The van der Waals surface area contributed by atoms with E-state index in [1.807, 2.05) is 48.5 Å². The van der Waals surface area contributed by atoms with Crippen molar-refractivity contribution in [2.75, 3.05) is 0 Å². The van der Waals surface area contributed by atoms with E-state index in [0.29, 0.717) is 11.4 Å². The second-order valence-corrected chi connectivity index (χ2v) is 11.0. The highest BCUT2D eigenvalue weighted by molar-refractivity contribution is 6.07. The number of hydrogen-bond donors (Lipinski definition) is 0. The molecule has 0 N–H and O–H groups in total. The van der Waals surface area contributed by atoms with E-state index >= 15 is 0 Å². The van der Waals surface area contributed by atoms with Crippen LogP contribution in [-0.2, 0) is 0 Å². The average Bonchev–Trinajstić information content (AvgIpc) is 3.66. The van der Waals surface area contributed by atoms with Crippen LogP contribution in [-0.4, -0.2) is 9.97 Å². The molecule has 206 valence electrons. The molecule has 0 amide bonds. The first kappa shape index (κ1) is 24.6. The van der Waals surface area contributed by atoms with E-state index in [4.69, 9.17) is 18.8 Å². The molecule has 0 radical (unpaired) electrons. The van der Waals surface area contributed by atoms with Crippen LogP contribution < -0.4 is 0 Å². The Hall–Kier alpha value is -6.00. The number of fused-ring (bicyclic) bond motifs is 6. The summed E-state index contributed by atoms with van der Waals surface area (Å²) in [4.78, 5) is 10.0. The lowest BCUT2D eigenvalue weighted by Crippen LogP contribution is -1.94. The molecule has 0 bridgehead atoms. The molecular formula is C40H24N2O2. The molecule has 0 spiro atoms. The van der Waals surface area contributed by atoms with Crippen molar-refractivity contribution in [3.8, 4) is 44.9 Å². The van der Waals surface area contributed by atoms with Crippen molar-refractivity contribution in [2.45, 2.75) is 0 Å². The molecule has 0 aliphatic carbocycles. The zero-order chi connectivity index (χ0) is 29.0. The molecule has 4 heteroatoms. The van der Waals surface area contributed by atoms with Crippen LogP contribution in [0.2, 0.25) is 0 Å². The molecule has 9 aromatic rings. The van der Waals surface area contributed by atoms with Gasteiger partial charge >= 0.3 is 0 Å². The van der Waals surface area contributed by atoms with Gasteiger partial charge in [-0.05, 0) is 58.7 Å². The summed E-state index contributed by atoms with van der Waals surface area (Å²) in [6.45, 7) is 0. The number of furan rings is 2. The third kappa shape index (κ3) is 4.00. The maximum absolute atomic E-state index is 6.26. The lowest BCUT2D eigenvalue weighted by Gasteiger charge is -2.09. The summed E-state index contributed by atoms with van der Waals surface area (Å²) in [5.41, 5.74) is 11.5. The van der Waals surface area contributed by atoms with Gasteiger partial charge in [0.2, 0.25) is 0 Å². The quantitative estimate of drug-likeness (QED) is 0.213. The molecule has 0 unspecified atom stereocenters. The van der Waals surface area contributed by atoms with Gasteiger partial charge < -0.3 is 8.83 Å². The van der Waals surface area contributed by atoms with Gasteiger partial charge in [0.15, 0.2) is 11.4 Å². The van der Waals surface area contributed by atoms with Crippen molar-refractivity contribution in [3.63, 3.8) is 0 Å². The highest BCUT2D eigenvalue weighted by Gasteiger charge is 2.18. The number of hydrogen-bond acceptors (Lipinski definition) is 4. The van der Waals surface area contributed by atoms with Gasteiger partial charge in [0, 0.05) is 27.3 Å². The van der Waals surface area contributed by atoms with E-state index in [0.717, 1.165) is 77.5 Å². The standard InChI is InChI=1S/C40H24N2O2/c1-2-9-26(10-3-1)37-39-38(32-14-5-7-16-35(32)44-39)42-40(41-37)27-19-17-25(18-20-27)28-11-8-12-29(23-28)30-21-22-36-33(24-30)31-13-4-6-15-34(31)43-36/h1-24H. The summed E-state index contributed by atoms with van der Waals surface area (Å²) in [6.07, 6.45) is 0. The molecule has 3 heterocycles. The number of rotatable bonds is 4. The highest BCUT2D eigenvalue weighted by atomic mass is 16.3. The van der Waals surface area contributed by atoms with Crippen LogP contribution in [0.25, 0.3) is 88.9 Å². The van der Waals surface area contributed by atoms with Gasteiger partial charge in [0.1, 0.15) is 28.0 Å². The largest absolute Gasteiger partial charge is 0.456 e. The van der Waals surface area contributed by atoms with E-state index in [-0.39, 0.29) is 0 Å². The molecule has 9 rings (SSSR count). The Morgan fingerprint density at radius 3 is 1.77 bits per heavy atom. The van der Waals surface area contributed by atoms with Gasteiger partial charge in [-0.15, -0.1) is 0 Å². The minimum atomic E-state index is 0.670. The van der Waals surface area contributed by atoms with Crippen LogP contribution in [0.3, 0.4) is 0 Å². The van der Waals surface area contributed by atoms with E-state index in [1.54, 1.807) is 0 Å². The zero-order valence-corrected chi connectivity index (χ0v) is 23.6. The van der Waals surface area contributed by atoms with Crippen LogP contribution in [0.5, 0.6) is 0 Å². The Labute approximate surface area is 252 Å². The second-order valence-electron chi connectivity index (χ2n) is 11.0. The Morgan fingerprint density at radius 2 is 0.955 bits per heavy atom. The minimum absolute atomic E-state index is 0.670. The predicted octanol–water partition coefficient (Wildman–Crippen LogP) is 10.9. The number of nitrogens with zero attached hydrogens (tertiary/aromatic N) is 2. The van der Waals surface area contributed by atoms with Crippen LogP contribution in [0.4, 0.5) is 0 Å². The maximum atomic E-state index is 6.26. The number of benzene rings is 6. The topological polar surface area (TPSA) is 52.1 Å².